The first-order valence-corrected chi connectivity index (χ1v) is 26.7. The molecule has 0 aliphatic heterocycles. The summed E-state index contributed by atoms with van der Waals surface area (Å²) in [5.41, 5.74) is -1.57. The zero-order valence-corrected chi connectivity index (χ0v) is 50.0. The molecule has 2 atom stereocenters. The fourth-order valence-corrected chi connectivity index (χ4v) is 7.40. The van der Waals surface area contributed by atoms with Crippen LogP contribution < -0.4 is 5.32 Å². The highest BCUT2D eigenvalue weighted by atomic mass is 16.2. The molecule has 1 saturated carbocycles. The van der Waals surface area contributed by atoms with Gasteiger partial charge in [0.25, 0.3) is 0 Å². The molecule has 1 aromatic heterocycles. The van der Waals surface area contributed by atoms with Crippen molar-refractivity contribution in [3.63, 3.8) is 0 Å². The van der Waals surface area contributed by atoms with Crippen LogP contribution in [-0.4, -0.2) is 57.9 Å². The Labute approximate surface area is 434 Å². The molecule has 10 heteroatoms. The number of amides is 1. The number of aromatic nitrogens is 1. The maximum absolute atomic E-state index is 12.3. The van der Waals surface area contributed by atoms with Gasteiger partial charge in [0.15, 0.2) is 11.6 Å². The average molecular weight is 996 g/mol. The fraction of sp³-hybridized carbons (Fsp3) is 0.787. The van der Waals surface area contributed by atoms with Crippen molar-refractivity contribution in [1.82, 2.24) is 10.3 Å². The van der Waals surface area contributed by atoms with Gasteiger partial charge in [0, 0.05) is 104 Å². The van der Waals surface area contributed by atoms with Crippen LogP contribution >= 0.6 is 0 Å². The second-order valence-electron chi connectivity index (χ2n) is 28.3. The third-order valence-corrected chi connectivity index (χ3v) is 12.4. The topological polar surface area (TPSA) is 161 Å². The predicted molar refractivity (Wildman–Crippen MR) is 294 cm³/mol. The smallest absolute Gasteiger partial charge is 0.225 e. The van der Waals surface area contributed by atoms with Crippen LogP contribution in [0.15, 0.2) is 18.5 Å². The Bertz CT molecular complexity index is 1770. The molecular formula is C61H106N2O8. The molecule has 0 radical (unpaired) electrons. The summed E-state index contributed by atoms with van der Waals surface area (Å²) in [6.07, 6.45) is 15.2. The number of unbranched alkanes of at least 4 members (excludes halogenated alkanes) is 5. The van der Waals surface area contributed by atoms with Crippen molar-refractivity contribution in [2.45, 2.75) is 250 Å². The third-order valence-electron chi connectivity index (χ3n) is 12.4. The van der Waals surface area contributed by atoms with Gasteiger partial charge in [-0.3, -0.25) is 43.3 Å². The van der Waals surface area contributed by atoms with Gasteiger partial charge in [-0.1, -0.05) is 198 Å². The van der Waals surface area contributed by atoms with Crippen LogP contribution in [0.25, 0.3) is 0 Å². The molecule has 71 heavy (non-hydrogen) atoms. The molecule has 1 heterocycles. The summed E-state index contributed by atoms with van der Waals surface area (Å²) in [6, 6.07) is 1.65. The summed E-state index contributed by atoms with van der Waals surface area (Å²) in [6.45, 7) is 46.6. The summed E-state index contributed by atoms with van der Waals surface area (Å²) in [4.78, 5) is 99.4. The van der Waals surface area contributed by atoms with Crippen molar-refractivity contribution >= 4 is 46.4 Å². The van der Waals surface area contributed by atoms with E-state index in [0.717, 1.165) is 51.4 Å². The molecule has 0 bridgehead atoms. The minimum Gasteiger partial charge on any atom is -0.355 e. The van der Waals surface area contributed by atoms with E-state index in [-0.39, 0.29) is 67.6 Å². The minimum absolute atomic E-state index is 0.00133. The van der Waals surface area contributed by atoms with E-state index in [1.54, 1.807) is 6.07 Å². The number of Topliss-reactive ketones (excluding diaryl/α,β-unsaturated/α-hetero) is 7. The lowest BCUT2D eigenvalue weighted by atomic mass is 9.69. The van der Waals surface area contributed by atoms with Crippen LogP contribution in [0, 0.1) is 55.2 Å². The monoisotopic (exact) mass is 995 g/mol. The van der Waals surface area contributed by atoms with Crippen LogP contribution in [0.5, 0.6) is 0 Å². The van der Waals surface area contributed by atoms with Gasteiger partial charge in [-0.25, -0.2) is 0 Å². The number of ketones is 7. The summed E-state index contributed by atoms with van der Waals surface area (Å²) in [5.74, 6) is 1.74. The molecule has 0 aromatic carbocycles. The number of hydrogen-bond acceptors (Lipinski definition) is 9. The van der Waals surface area contributed by atoms with Gasteiger partial charge in [0.1, 0.15) is 28.9 Å². The van der Waals surface area contributed by atoms with Gasteiger partial charge >= 0.3 is 0 Å². The average Bonchev–Trinajstić information content (AvgIpc) is 3.21. The molecule has 0 saturated heterocycles. The Morgan fingerprint density at radius 2 is 0.732 bits per heavy atom. The predicted octanol–water partition coefficient (Wildman–Crippen LogP) is 15.1. The van der Waals surface area contributed by atoms with Crippen LogP contribution in [0.2, 0.25) is 0 Å². The second-order valence-corrected chi connectivity index (χ2v) is 28.3. The van der Waals surface area contributed by atoms with Crippen molar-refractivity contribution in [3.8, 4) is 0 Å². The maximum atomic E-state index is 12.3. The molecule has 1 aromatic rings. The molecule has 2 unspecified atom stereocenters. The van der Waals surface area contributed by atoms with Crippen molar-refractivity contribution < 1.29 is 38.4 Å². The van der Waals surface area contributed by atoms with Crippen LogP contribution in [0.1, 0.15) is 270 Å². The summed E-state index contributed by atoms with van der Waals surface area (Å²) >= 11 is 0. The van der Waals surface area contributed by atoms with Crippen LogP contribution in [0.4, 0.5) is 0 Å². The van der Waals surface area contributed by atoms with Gasteiger partial charge in [-0.2, -0.15) is 0 Å². The Balaban J connectivity index is 0. The number of carbonyl (C=O) groups is 8. The van der Waals surface area contributed by atoms with Gasteiger partial charge in [-0.05, 0) is 38.2 Å². The molecule has 1 amide bonds. The van der Waals surface area contributed by atoms with E-state index in [2.05, 4.69) is 10.3 Å². The van der Waals surface area contributed by atoms with Crippen LogP contribution in [0.3, 0.4) is 0 Å². The number of rotatable bonds is 16. The lowest BCUT2D eigenvalue weighted by Crippen LogP contribution is -2.37. The highest BCUT2D eigenvalue weighted by Gasteiger charge is 2.38. The number of pyridine rings is 1. The maximum Gasteiger partial charge on any atom is 0.225 e. The molecule has 1 aliphatic carbocycles. The van der Waals surface area contributed by atoms with E-state index < -0.39 is 10.8 Å². The lowest BCUT2D eigenvalue weighted by Gasteiger charge is -2.34. The van der Waals surface area contributed by atoms with Gasteiger partial charge in [0.2, 0.25) is 5.91 Å². The van der Waals surface area contributed by atoms with E-state index in [1.165, 1.54) is 25.2 Å². The van der Waals surface area contributed by atoms with Gasteiger partial charge < -0.3 is 5.32 Å². The van der Waals surface area contributed by atoms with E-state index in [0.29, 0.717) is 60.1 Å². The molecule has 1 N–H and O–H groups in total. The minimum atomic E-state index is -0.467. The standard InChI is InChI=1S/C18H34O2.C16H28O2.C15H21NO2.C12H23NO2/c1-17(2,3)15(19)13-11-9-7-8-10-12-14-16(20)18(4,5)6;1-15(2,3)13(17)11-8-7-9-12(10-11)14(18)16(4,5)6;1-14(2,3)12(17)10-7-11(9-16-8-10)13(18)15(4,5)6;1-11(2,3)9(14)7-8-13-10(15)12(4,5)6/h7-14H2,1-6H3;11-12H,7-10H2,1-6H3;7-9H,1-6H3;7-8H2,1-6H3,(H,13,15). The zero-order valence-electron chi connectivity index (χ0n) is 50.0. The number of carbonyl (C=O) groups excluding carboxylic acids is 8. The van der Waals surface area contributed by atoms with Gasteiger partial charge in [0.05, 0.1) is 0 Å². The fourth-order valence-electron chi connectivity index (χ4n) is 7.40. The molecule has 1 aliphatic rings. The SMILES string of the molecule is CC(C)(C)C(=O)C1CCCC(C(=O)C(C)(C)C)C1.CC(C)(C)C(=O)CCCCCCCCC(=O)C(C)(C)C.CC(C)(C)C(=O)CCNC(=O)C(C)(C)C.CC(C)(C)C(=O)c1cncc(C(=O)C(C)(C)C)c1. The summed E-state index contributed by atoms with van der Waals surface area (Å²) in [5, 5.41) is 2.77. The van der Waals surface area contributed by atoms with E-state index in [4.69, 9.17) is 0 Å². The largest absolute Gasteiger partial charge is 0.355 e. The quantitative estimate of drug-likeness (QED) is 0.125. The molecule has 2 rings (SSSR count). The lowest BCUT2D eigenvalue weighted by molar-refractivity contribution is -0.136. The van der Waals surface area contributed by atoms with Crippen molar-refractivity contribution in [1.29, 1.82) is 0 Å². The second kappa shape index (κ2) is 28.7. The van der Waals surface area contributed by atoms with Crippen molar-refractivity contribution in [2.24, 2.45) is 55.2 Å². The van der Waals surface area contributed by atoms with Crippen LogP contribution in [-0.2, 0) is 28.8 Å². The molecular weight excluding hydrogens is 889 g/mol. The normalized spacial score (nSPS) is 15.8. The first-order chi connectivity index (χ1) is 31.7. The highest BCUT2D eigenvalue weighted by molar-refractivity contribution is 6.04. The number of nitrogens with zero attached hydrogens (tertiary/aromatic N) is 1. The first-order valence-electron chi connectivity index (χ1n) is 26.7. The third kappa shape index (κ3) is 29.0. The number of nitrogens with one attached hydrogen (secondary N) is 1. The van der Waals surface area contributed by atoms with E-state index in [9.17, 15) is 38.4 Å². The Hall–Kier alpha value is -3.69. The number of hydrogen-bond donors (Lipinski definition) is 1. The first kappa shape index (κ1) is 69.4. The summed E-state index contributed by atoms with van der Waals surface area (Å²) < 4.78 is 0. The molecule has 0 spiro atoms. The Morgan fingerprint density at radius 1 is 0.423 bits per heavy atom. The highest BCUT2D eigenvalue weighted by Crippen LogP contribution is 2.38. The van der Waals surface area contributed by atoms with E-state index >= 15 is 0 Å². The summed E-state index contributed by atoms with van der Waals surface area (Å²) in [7, 11) is 0. The van der Waals surface area contributed by atoms with Crippen molar-refractivity contribution in [3.05, 3.63) is 29.6 Å². The molecule has 408 valence electrons. The van der Waals surface area contributed by atoms with Gasteiger partial charge in [-0.15, -0.1) is 0 Å². The Morgan fingerprint density at radius 3 is 1.01 bits per heavy atom. The Kier molecular flexibility index (Phi) is 28.0. The zero-order chi connectivity index (χ0) is 56.4. The molecule has 10 nitrogen and oxygen atoms in total. The van der Waals surface area contributed by atoms with Crippen molar-refractivity contribution in [2.75, 3.05) is 6.54 Å². The van der Waals surface area contributed by atoms with E-state index in [1.807, 2.05) is 166 Å². The molecule has 1 fully saturated rings.